The van der Waals surface area contributed by atoms with E-state index in [0.29, 0.717) is 36.8 Å². The molecule has 1 amide bonds. The highest BCUT2D eigenvalue weighted by atomic mass is 32.2. The molecular formula is C37H48N4O6S2. The average molecular weight is 709 g/mol. The normalized spacial score (nSPS) is 21.5. The Labute approximate surface area is 289 Å². The number of hydrogen-bond donors (Lipinski definition) is 5. The zero-order valence-corrected chi connectivity index (χ0v) is 29.4. The molecule has 4 aromatic rings. The smallest absolute Gasteiger partial charge is 0.404 e. The number of benzene rings is 4. The maximum atomic E-state index is 12.6. The van der Waals surface area contributed by atoms with Gasteiger partial charge in [-0.2, -0.15) is 0 Å². The molecule has 6 rings (SSSR count). The molecule has 264 valence electrons. The first-order valence-corrected chi connectivity index (χ1v) is 20.1. The van der Waals surface area contributed by atoms with E-state index in [0.717, 1.165) is 91.4 Å². The van der Waals surface area contributed by atoms with Crippen LogP contribution in [0.5, 0.6) is 0 Å². The number of carbonyl (C=O) groups is 1. The molecule has 0 aliphatic heterocycles. The summed E-state index contributed by atoms with van der Waals surface area (Å²) >= 11 is 0. The van der Waals surface area contributed by atoms with E-state index in [1.54, 1.807) is 18.2 Å². The van der Waals surface area contributed by atoms with Crippen molar-refractivity contribution in [3.63, 3.8) is 0 Å². The fourth-order valence-electron chi connectivity index (χ4n) is 7.27. The molecule has 0 atom stereocenters. The molecule has 49 heavy (non-hydrogen) atoms. The molecule has 0 saturated heterocycles. The Hall–Kier alpha value is -3.55. The molecule has 2 saturated carbocycles. The minimum Gasteiger partial charge on any atom is -0.465 e. The summed E-state index contributed by atoms with van der Waals surface area (Å²) in [5, 5.41) is 20.5. The van der Waals surface area contributed by atoms with E-state index < -0.39 is 26.1 Å². The SMILES string of the molecule is NC[C@H]1CC[C@H](Cc2c(S(N)(=O)=O)ccc3ccccc23)CC1.O=C(O)NC[C@H]1CC[C@H](CNS(=O)(=O)c2ccc3ccccc3c2)CC1. The number of primary sulfonamides is 1. The van der Waals surface area contributed by atoms with Gasteiger partial charge in [0.15, 0.2) is 0 Å². The fraction of sp³-hybridized carbons (Fsp3) is 0.432. The molecule has 12 heteroatoms. The van der Waals surface area contributed by atoms with Crippen molar-refractivity contribution in [2.75, 3.05) is 19.6 Å². The van der Waals surface area contributed by atoms with Crippen LogP contribution >= 0.6 is 0 Å². The standard InChI is InChI=1S/C19H24N2O4S.C18H24N2O2S/c22-19(23)20-12-14-5-7-15(8-6-14)13-21-26(24,25)18-10-9-16-3-1-2-4-17(16)11-18;19-12-14-7-5-13(6-8-14)11-17-16-4-2-1-3-15(16)9-10-18(17)23(20,21)22/h1-4,9-11,14-15,20-21H,5-8,12-13H2,(H,22,23);1-4,9-10,13-14H,5-8,11-12,19H2,(H2,20,21,22)/t14-,15-;13-,14-. The lowest BCUT2D eigenvalue weighted by Gasteiger charge is -2.28. The molecule has 0 aromatic heterocycles. The summed E-state index contributed by atoms with van der Waals surface area (Å²) in [6.07, 6.45) is 7.92. The third-order valence-electron chi connectivity index (χ3n) is 10.2. The van der Waals surface area contributed by atoms with E-state index in [2.05, 4.69) is 10.0 Å². The molecule has 0 spiro atoms. The van der Waals surface area contributed by atoms with Gasteiger partial charge in [0.25, 0.3) is 0 Å². The maximum Gasteiger partial charge on any atom is 0.404 e. The second kappa shape index (κ2) is 16.4. The molecule has 4 aromatic carbocycles. The van der Waals surface area contributed by atoms with Crippen LogP contribution in [0.3, 0.4) is 0 Å². The number of amides is 1. The molecule has 10 nitrogen and oxygen atoms in total. The molecule has 0 heterocycles. The molecule has 0 radical (unpaired) electrons. The van der Waals surface area contributed by atoms with Crippen molar-refractivity contribution in [1.82, 2.24) is 10.0 Å². The van der Waals surface area contributed by atoms with Crippen LogP contribution in [0.25, 0.3) is 21.5 Å². The van der Waals surface area contributed by atoms with Gasteiger partial charge in [0.1, 0.15) is 0 Å². The van der Waals surface area contributed by atoms with Gasteiger partial charge in [-0.1, -0.05) is 60.7 Å². The maximum absolute atomic E-state index is 12.6. The minimum absolute atomic E-state index is 0.275. The van der Waals surface area contributed by atoms with Gasteiger partial charge in [0.2, 0.25) is 20.0 Å². The average Bonchev–Trinajstić information content (AvgIpc) is 3.10. The van der Waals surface area contributed by atoms with E-state index in [1.165, 1.54) is 0 Å². The zero-order valence-electron chi connectivity index (χ0n) is 27.8. The van der Waals surface area contributed by atoms with Gasteiger partial charge in [0.05, 0.1) is 9.79 Å². The van der Waals surface area contributed by atoms with Gasteiger partial charge in [-0.15, -0.1) is 0 Å². The van der Waals surface area contributed by atoms with Gasteiger partial charge in [-0.05, 0) is 133 Å². The molecule has 0 bridgehead atoms. The third kappa shape index (κ3) is 10.0. The highest BCUT2D eigenvalue weighted by Crippen LogP contribution is 2.35. The van der Waals surface area contributed by atoms with E-state index in [-0.39, 0.29) is 9.79 Å². The Balaban J connectivity index is 0.000000192. The number of rotatable bonds is 10. The van der Waals surface area contributed by atoms with Crippen LogP contribution in [-0.2, 0) is 26.5 Å². The van der Waals surface area contributed by atoms with E-state index in [1.807, 2.05) is 60.7 Å². The van der Waals surface area contributed by atoms with Crippen molar-refractivity contribution >= 4 is 47.7 Å². The number of sulfonamides is 2. The van der Waals surface area contributed by atoms with Crippen LogP contribution in [0.1, 0.15) is 56.9 Å². The van der Waals surface area contributed by atoms with Crippen LogP contribution < -0.4 is 20.9 Å². The Morgan fingerprint density at radius 1 is 0.694 bits per heavy atom. The predicted molar refractivity (Wildman–Crippen MR) is 194 cm³/mol. The molecule has 2 aliphatic carbocycles. The monoisotopic (exact) mass is 708 g/mol. The molecule has 0 unspecified atom stereocenters. The Kier molecular flexibility index (Phi) is 12.3. The Morgan fingerprint density at radius 2 is 1.24 bits per heavy atom. The summed E-state index contributed by atoms with van der Waals surface area (Å²) in [6, 6.07) is 24.2. The summed E-state index contributed by atoms with van der Waals surface area (Å²) < 4.78 is 51.9. The molecule has 2 aliphatic rings. The van der Waals surface area contributed by atoms with Crippen molar-refractivity contribution in [1.29, 1.82) is 0 Å². The number of nitrogens with one attached hydrogen (secondary N) is 2. The summed E-state index contributed by atoms with van der Waals surface area (Å²) in [5.74, 6) is 1.77. The lowest BCUT2D eigenvalue weighted by Crippen LogP contribution is -2.34. The third-order valence-corrected chi connectivity index (χ3v) is 12.6. The van der Waals surface area contributed by atoms with Gasteiger partial charge in [-0.25, -0.2) is 31.5 Å². The predicted octanol–water partition coefficient (Wildman–Crippen LogP) is 5.99. The van der Waals surface area contributed by atoms with E-state index in [4.69, 9.17) is 16.0 Å². The second-order valence-electron chi connectivity index (χ2n) is 13.6. The van der Waals surface area contributed by atoms with Gasteiger partial charge in [-0.3, -0.25) is 0 Å². The number of carboxylic acid groups (broad SMARTS) is 1. The van der Waals surface area contributed by atoms with E-state index in [9.17, 15) is 21.6 Å². The molecular weight excluding hydrogens is 661 g/mol. The lowest BCUT2D eigenvalue weighted by atomic mass is 9.79. The largest absolute Gasteiger partial charge is 0.465 e. The lowest BCUT2D eigenvalue weighted by molar-refractivity contribution is 0.188. The van der Waals surface area contributed by atoms with E-state index >= 15 is 0 Å². The number of nitrogens with two attached hydrogens (primary N) is 2. The minimum atomic E-state index is -3.71. The highest BCUT2D eigenvalue weighted by molar-refractivity contribution is 7.89. The van der Waals surface area contributed by atoms with Crippen LogP contribution in [0.2, 0.25) is 0 Å². The van der Waals surface area contributed by atoms with Crippen molar-refractivity contribution in [2.45, 2.75) is 67.6 Å². The topological polar surface area (TPSA) is 182 Å². The van der Waals surface area contributed by atoms with Crippen molar-refractivity contribution < 1.29 is 26.7 Å². The number of hydrogen-bond acceptors (Lipinski definition) is 6. The summed E-state index contributed by atoms with van der Waals surface area (Å²) in [5.41, 5.74) is 6.64. The van der Waals surface area contributed by atoms with Gasteiger partial charge >= 0.3 is 6.09 Å². The molecule has 2 fully saturated rings. The van der Waals surface area contributed by atoms with Crippen molar-refractivity contribution in [3.8, 4) is 0 Å². The van der Waals surface area contributed by atoms with Crippen molar-refractivity contribution in [3.05, 3.63) is 84.4 Å². The first-order chi connectivity index (χ1) is 23.4. The Bertz CT molecular complexity index is 1950. The summed E-state index contributed by atoms with van der Waals surface area (Å²) in [7, 11) is -7.24. The highest BCUT2D eigenvalue weighted by Gasteiger charge is 2.25. The summed E-state index contributed by atoms with van der Waals surface area (Å²) in [6.45, 7) is 1.66. The van der Waals surface area contributed by atoms with Gasteiger partial charge in [0, 0.05) is 13.1 Å². The van der Waals surface area contributed by atoms with Gasteiger partial charge < -0.3 is 16.2 Å². The van der Waals surface area contributed by atoms with Crippen LogP contribution in [-0.4, -0.2) is 47.7 Å². The Morgan fingerprint density at radius 3 is 1.88 bits per heavy atom. The fourth-order valence-corrected chi connectivity index (χ4v) is 9.22. The quantitative estimate of drug-likeness (QED) is 0.134. The zero-order chi connectivity index (χ0) is 35.0. The molecule has 7 N–H and O–H groups in total. The first kappa shape index (κ1) is 36.7. The summed E-state index contributed by atoms with van der Waals surface area (Å²) in [4.78, 5) is 11.1. The number of fused-ring (bicyclic) bond motifs is 2. The second-order valence-corrected chi connectivity index (χ2v) is 16.9. The van der Waals surface area contributed by atoms with Crippen LogP contribution in [0.4, 0.5) is 4.79 Å². The first-order valence-electron chi connectivity index (χ1n) is 17.1. The van der Waals surface area contributed by atoms with Crippen LogP contribution in [0, 0.1) is 23.7 Å². The van der Waals surface area contributed by atoms with Crippen LogP contribution in [0.15, 0.2) is 88.7 Å². The van der Waals surface area contributed by atoms with Crippen molar-refractivity contribution in [2.24, 2.45) is 34.5 Å².